The van der Waals surface area contributed by atoms with Crippen LogP contribution >= 0.6 is 0 Å². The van der Waals surface area contributed by atoms with Gasteiger partial charge in [0.2, 0.25) is 0 Å². The van der Waals surface area contributed by atoms with E-state index in [1.54, 1.807) is 6.08 Å². The van der Waals surface area contributed by atoms with Crippen LogP contribution in [0.25, 0.3) is 29.4 Å². The Labute approximate surface area is 197 Å². The fraction of sp³-hybridized carbons (Fsp3) is 0.188. The molecule has 0 saturated carbocycles. The van der Waals surface area contributed by atoms with E-state index in [1.807, 2.05) is 26.0 Å². The average molecular weight is 431 g/mol. The van der Waals surface area contributed by atoms with Crippen molar-refractivity contribution >= 4 is 18.2 Å². The third-order valence-electron chi connectivity index (χ3n) is 6.25. The van der Waals surface area contributed by atoms with Gasteiger partial charge in [-0.2, -0.15) is 0 Å². The molecular weight excluding hydrogens is 400 g/mol. The second-order valence-corrected chi connectivity index (χ2v) is 8.44. The number of hydrogen-bond acceptors (Lipinski definition) is 1. The quantitative estimate of drug-likeness (QED) is 0.410. The maximum Gasteiger partial charge on any atom is 0.130 e. The van der Waals surface area contributed by atoms with Gasteiger partial charge < -0.3 is 4.42 Å². The van der Waals surface area contributed by atoms with Crippen molar-refractivity contribution in [1.29, 1.82) is 0 Å². The van der Waals surface area contributed by atoms with Gasteiger partial charge in [0.1, 0.15) is 11.2 Å². The third kappa shape index (κ3) is 5.02. The van der Waals surface area contributed by atoms with Crippen LogP contribution in [0, 0.1) is 19.3 Å². The van der Waals surface area contributed by atoms with Crippen molar-refractivity contribution in [2.75, 3.05) is 0 Å². The molecule has 2 aromatic carbocycles. The largest absolute Gasteiger partial charge is 0.460 e. The van der Waals surface area contributed by atoms with Crippen molar-refractivity contribution < 1.29 is 4.42 Å². The third-order valence-corrected chi connectivity index (χ3v) is 6.25. The summed E-state index contributed by atoms with van der Waals surface area (Å²) >= 11 is 0. The summed E-state index contributed by atoms with van der Waals surface area (Å²) in [5, 5.41) is 1.10. The van der Waals surface area contributed by atoms with E-state index in [-0.39, 0.29) is 0 Å². The highest BCUT2D eigenvalue weighted by Gasteiger charge is 2.15. The standard InChI is InChI=1S/C32H30O/c1-5-8-9-30-29(6-2)31(7-3)33-32(30)22-24-12-16-26(17-13-24)28-20-18-27(19-21-28)25-14-10-23(4)11-15-25/h1,6-16,18-21,26H,17,22H2,2-4H3/b9-8-,29-6-,31-7+. The summed E-state index contributed by atoms with van der Waals surface area (Å²) in [6.07, 6.45) is 21.9. The summed E-state index contributed by atoms with van der Waals surface area (Å²) in [5.74, 6) is 3.95. The van der Waals surface area contributed by atoms with Gasteiger partial charge in [0.15, 0.2) is 0 Å². The van der Waals surface area contributed by atoms with Crippen LogP contribution < -0.4 is 10.6 Å². The number of allylic oxidation sites excluding steroid dienone is 5. The molecule has 1 nitrogen and oxygen atoms in total. The molecule has 0 amide bonds. The lowest BCUT2D eigenvalue weighted by Gasteiger charge is -2.17. The molecule has 0 N–H and O–H groups in total. The molecule has 3 aromatic rings. The van der Waals surface area contributed by atoms with Gasteiger partial charge in [0, 0.05) is 23.1 Å². The van der Waals surface area contributed by atoms with E-state index in [4.69, 9.17) is 10.8 Å². The molecule has 164 valence electrons. The maximum atomic E-state index is 6.18. The molecule has 33 heavy (non-hydrogen) atoms. The summed E-state index contributed by atoms with van der Waals surface area (Å²) < 4.78 is 6.18. The lowest BCUT2D eigenvalue weighted by molar-refractivity contribution is 0.488. The van der Waals surface area contributed by atoms with Crippen LogP contribution in [0.2, 0.25) is 0 Å². The predicted octanol–water partition coefficient (Wildman–Crippen LogP) is 6.71. The number of benzene rings is 2. The zero-order valence-electron chi connectivity index (χ0n) is 19.6. The molecule has 1 unspecified atom stereocenters. The van der Waals surface area contributed by atoms with Gasteiger partial charge in [-0.1, -0.05) is 84.3 Å². The highest BCUT2D eigenvalue weighted by atomic mass is 16.3. The molecule has 1 heterocycles. The summed E-state index contributed by atoms with van der Waals surface area (Å²) in [6, 6.07) is 17.7. The van der Waals surface area contributed by atoms with Crippen molar-refractivity contribution in [2.45, 2.75) is 39.5 Å². The molecule has 1 atom stereocenters. The summed E-state index contributed by atoms with van der Waals surface area (Å²) in [4.78, 5) is 0. The predicted molar refractivity (Wildman–Crippen MR) is 141 cm³/mol. The molecule has 0 bridgehead atoms. The summed E-state index contributed by atoms with van der Waals surface area (Å²) in [6.45, 7) is 6.15. The van der Waals surface area contributed by atoms with Gasteiger partial charge >= 0.3 is 0 Å². The number of terminal acetylenes is 1. The van der Waals surface area contributed by atoms with Gasteiger partial charge in [-0.05, 0) is 67.7 Å². The molecule has 1 aliphatic carbocycles. The van der Waals surface area contributed by atoms with Crippen molar-refractivity contribution in [3.63, 3.8) is 0 Å². The Balaban J connectivity index is 1.50. The van der Waals surface area contributed by atoms with Gasteiger partial charge in [0.25, 0.3) is 0 Å². The van der Waals surface area contributed by atoms with Crippen LogP contribution in [0.3, 0.4) is 0 Å². The highest BCUT2D eigenvalue weighted by molar-refractivity contribution is 5.64. The zero-order chi connectivity index (χ0) is 23.2. The van der Waals surface area contributed by atoms with Gasteiger partial charge in [0.05, 0.1) is 0 Å². The molecule has 0 aliphatic heterocycles. The SMILES string of the molecule is C#C/C=C\c1c(CC2=CCC(c3ccc(-c4ccc(C)cc4)cc3)C=C2)oc(=C/C)/c1=C\C. The van der Waals surface area contributed by atoms with Crippen molar-refractivity contribution in [1.82, 2.24) is 0 Å². The van der Waals surface area contributed by atoms with Gasteiger partial charge in [-0.15, -0.1) is 6.42 Å². The molecule has 0 radical (unpaired) electrons. The van der Waals surface area contributed by atoms with Crippen molar-refractivity contribution in [2.24, 2.45) is 0 Å². The Morgan fingerprint density at radius 3 is 2.27 bits per heavy atom. The van der Waals surface area contributed by atoms with E-state index >= 15 is 0 Å². The maximum absolute atomic E-state index is 6.18. The summed E-state index contributed by atoms with van der Waals surface area (Å²) in [7, 11) is 0. The fourth-order valence-corrected chi connectivity index (χ4v) is 4.38. The monoisotopic (exact) mass is 430 g/mol. The first kappa shape index (κ1) is 22.4. The van der Waals surface area contributed by atoms with Crippen LogP contribution in [-0.2, 0) is 6.42 Å². The number of hydrogen-bond donors (Lipinski definition) is 0. The lowest BCUT2D eigenvalue weighted by atomic mass is 9.88. The average Bonchev–Trinajstić information content (AvgIpc) is 3.20. The Hall–Kier alpha value is -3.76. The second kappa shape index (κ2) is 10.2. The Bertz CT molecular complexity index is 1360. The first-order valence-electron chi connectivity index (χ1n) is 11.5. The molecule has 0 saturated heterocycles. The van der Waals surface area contributed by atoms with E-state index in [0.29, 0.717) is 5.92 Å². The minimum absolute atomic E-state index is 0.400. The molecule has 1 aromatic heterocycles. The van der Waals surface area contributed by atoms with Crippen LogP contribution in [0.15, 0.2) is 82.8 Å². The molecular formula is C32H30O. The Morgan fingerprint density at radius 2 is 1.70 bits per heavy atom. The van der Waals surface area contributed by atoms with Gasteiger partial charge in [-0.25, -0.2) is 0 Å². The molecule has 1 aliphatic rings. The number of furan rings is 1. The zero-order valence-corrected chi connectivity index (χ0v) is 19.6. The molecule has 0 spiro atoms. The lowest BCUT2D eigenvalue weighted by Crippen LogP contribution is -2.20. The smallest absolute Gasteiger partial charge is 0.130 e. The van der Waals surface area contributed by atoms with E-state index in [0.717, 1.165) is 34.8 Å². The molecule has 0 fully saturated rings. The second-order valence-electron chi connectivity index (χ2n) is 8.44. The van der Waals surface area contributed by atoms with Crippen LogP contribution in [0.4, 0.5) is 0 Å². The van der Waals surface area contributed by atoms with Crippen molar-refractivity contribution in [3.05, 3.63) is 111 Å². The van der Waals surface area contributed by atoms with Crippen molar-refractivity contribution in [3.8, 4) is 23.5 Å². The van der Waals surface area contributed by atoms with E-state index in [2.05, 4.69) is 85.7 Å². The molecule has 1 heteroatoms. The first-order chi connectivity index (χ1) is 16.1. The Morgan fingerprint density at radius 1 is 1.00 bits per heavy atom. The minimum atomic E-state index is 0.400. The van der Waals surface area contributed by atoms with Crippen LogP contribution in [-0.4, -0.2) is 0 Å². The van der Waals surface area contributed by atoms with E-state index in [1.165, 1.54) is 27.8 Å². The summed E-state index contributed by atoms with van der Waals surface area (Å²) in [5.41, 5.74) is 8.40. The number of rotatable bonds is 5. The first-order valence-corrected chi connectivity index (χ1v) is 11.5. The Kier molecular flexibility index (Phi) is 6.96. The number of aryl methyl sites for hydroxylation is 1. The highest BCUT2D eigenvalue weighted by Crippen LogP contribution is 2.30. The topological polar surface area (TPSA) is 13.1 Å². The van der Waals surface area contributed by atoms with Gasteiger partial charge in [-0.3, -0.25) is 0 Å². The molecule has 4 rings (SSSR count). The minimum Gasteiger partial charge on any atom is -0.460 e. The van der Waals surface area contributed by atoms with E-state index < -0.39 is 0 Å². The fourth-order valence-electron chi connectivity index (χ4n) is 4.38. The van der Waals surface area contributed by atoms with Crippen LogP contribution in [0.1, 0.15) is 48.6 Å². The normalized spacial score (nSPS) is 16.9. The van der Waals surface area contributed by atoms with Crippen LogP contribution in [0.5, 0.6) is 0 Å². The van der Waals surface area contributed by atoms with E-state index in [9.17, 15) is 0 Å².